The lowest BCUT2D eigenvalue weighted by Crippen LogP contribution is -2.15. The molecule has 1 fully saturated rings. The zero-order valence-corrected chi connectivity index (χ0v) is 18.5. The van der Waals surface area contributed by atoms with Crippen LogP contribution in [-0.2, 0) is 4.74 Å². The van der Waals surface area contributed by atoms with Crippen LogP contribution in [0.15, 0.2) is 53.2 Å². The molecule has 4 aromatic rings. The first-order valence-electron chi connectivity index (χ1n) is 10.9. The molecule has 0 aliphatic heterocycles. The van der Waals surface area contributed by atoms with Crippen molar-refractivity contribution < 1.29 is 14.1 Å². The average Bonchev–Trinajstić information content (AvgIpc) is 3.56. The number of carbonyl (C=O) groups excluding carboxylic acids is 1. The molecule has 1 aliphatic rings. The fourth-order valence-electron chi connectivity index (χ4n) is 3.69. The first kappa shape index (κ1) is 21.4. The number of aromatic nitrogens is 6. The molecule has 1 aromatic carbocycles. The van der Waals surface area contributed by atoms with Gasteiger partial charge >= 0.3 is 5.97 Å². The van der Waals surface area contributed by atoms with E-state index in [1.165, 1.54) is 6.20 Å². The first-order chi connectivity index (χ1) is 16.6. The molecule has 0 spiro atoms. The minimum absolute atomic E-state index is 0.0221. The number of hydrogen-bond donors (Lipinski definition) is 1. The molecular weight excluding hydrogens is 436 g/mol. The Morgan fingerprint density at radius 1 is 1.03 bits per heavy atom. The van der Waals surface area contributed by atoms with Crippen molar-refractivity contribution >= 4 is 23.6 Å². The van der Waals surface area contributed by atoms with Crippen LogP contribution in [0.2, 0.25) is 0 Å². The van der Waals surface area contributed by atoms with Crippen LogP contribution in [0.25, 0.3) is 23.1 Å². The highest BCUT2D eigenvalue weighted by Crippen LogP contribution is 2.25. The van der Waals surface area contributed by atoms with E-state index in [1.807, 2.05) is 37.4 Å². The zero-order chi connectivity index (χ0) is 23.5. The van der Waals surface area contributed by atoms with Gasteiger partial charge in [-0.25, -0.2) is 9.78 Å². The molecule has 0 saturated heterocycles. The smallest absolute Gasteiger partial charge is 0.357 e. The Bertz CT molecular complexity index is 1290. The molecule has 34 heavy (non-hydrogen) atoms. The van der Waals surface area contributed by atoms with Gasteiger partial charge in [-0.1, -0.05) is 23.4 Å². The van der Waals surface area contributed by atoms with Crippen LogP contribution in [-0.4, -0.2) is 49.2 Å². The van der Waals surface area contributed by atoms with Gasteiger partial charge in [-0.2, -0.15) is 19.9 Å². The van der Waals surface area contributed by atoms with Gasteiger partial charge in [0, 0.05) is 18.9 Å². The van der Waals surface area contributed by atoms with Gasteiger partial charge in [0.1, 0.15) is 11.8 Å². The fraction of sp³-hybridized carbons (Fsp3) is 0.261. The second kappa shape index (κ2) is 9.22. The van der Waals surface area contributed by atoms with E-state index in [9.17, 15) is 4.79 Å². The molecule has 3 aromatic heterocycles. The molecule has 172 valence electrons. The van der Waals surface area contributed by atoms with E-state index in [-0.39, 0.29) is 35.3 Å². The molecule has 2 N–H and O–H groups in total. The number of benzene rings is 1. The van der Waals surface area contributed by atoms with Crippen molar-refractivity contribution in [2.24, 2.45) is 0 Å². The Morgan fingerprint density at radius 3 is 2.56 bits per heavy atom. The predicted octanol–water partition coefficient (Wildman–Crippen LogP) is 3.43. The molecule has 3 heterocycles. The van der Waals surface area contributed by atoms with E-state index in [4.69, 9.17) is 15.0 Å². The maximum absolute atomic E-state index is 12.3. The van der Waals surface area contributed by atoms with Crippen molar-refractivity contribution in [2.75, 3.05) is 17.7 Å². The standard InChI is InChI=1S/C23H22N8O3/c1-31(15-7-3-2-4-8-15)23-28-18(27-22(24)29-23)19-26-20(34-30-19)14-11-12-17(25-13-14)21(32)33-16-9-5-6-10-16/h2-4,7-8,11-13,16H,5-6,9-10H2,1H3,(H2,24,27,28,29). The Balaban J connectivity index is 1.34. The number of nitrogens with zero attached hydrogens (tertiary/aromatic N) is 7. The van der Waals surface area contributed by atoms with E-state index in [2.05, 4.69) is 30.1 Å². The summed E-state index contributed by atoms with van der Waals surface area (Å²) in [7, 11) is 1.82. The largest absolute Gasteiger partial charge is 0.458 e. The summed E-state index contributed by atoms with van der Waals surface area (Å²) in [5.74, 6) is 0.463. The van der Waals surface area contributed by atoms with Crippen molar-refractivity contribution in [3.8, 4) is 23.1 Å². The second-order valence-electron chi connectivity index (χ2n) is 7.88. The fourth-order valence-corrected chi connectivity index (χ4v) is 3.69. The highest BCUT2D eigenvalue weighted by atomic mass is 16.5. The highest BCUT2D eigenvalue weighted by Gasteiger charge is 2.22. The number of hydrogen-bond acceptors (Lipinski definition) is 11. The Morgan fingerprint density at radius 2 is 1.82 bits per heavy atom. The number of para-hydroxylation sites is 1. The molecule has 0 amide bonds. The first-order valence-corrected chi connectivity index (χ1v) is 10.9. The SMILES string of the molecule is CN(c1ccccc1)c1nc(N)nc(-c2noc(-c3ccc(C(=O)OC4CCCC4)nc3)n2)n1. The third-order valence-corrected chi connectivity index (χ3v) is 5.51. The maximum Gasteiger partial charge on any atom is 0.357 e. The number of ether oxygens (including phenoxy) is 1. The van der Waals surface area contributed by atoms with Crippen molar-refractivity contribution in [3.63, 3.8) is 0 Å². The molecule has 11 nitrogen and oxygen atoms in total. The van der Waals surface area contributed by atoms with E-state index in [0.29, 0.717) is 11.5 Å². The van der Waals surface area contributed by atoms with Crippen LogP contribution in [0, 0.1) is 0 Å². The summed E-state index contributed by atoms with van der Waals surface area (Å²) in [4.78, 5) is 35.4. The van der Waals surface area contributed by atoms with Crippen molar-refractivity contribution in [2.45, 2.75) is 31.8 Å². The van der Waals surface area contributed by atoms with E-state index in [1.54, 1.807) is 17.0 Å². The summed E-state index contributed by atoms with van der Waals surface area (Å²) >= 11 is 0. The van der Waals surface area contributed by atoms with Gasteiger partial charge in [0.15, 0.2) is 0 Å². The van der Waals surface area contributed by atoms with Gasteiger partial charge in [0.05, 0.1) is 5.56 Å². The minimum atomic E-state index is -0.430. The predicted molar refractivity (Wildman–Crippen MR) is 123 cm³/mol. The topological polar surface area (TPSA) is 146 Å². The van der Waals surface area contributed by atoms with Crippen LogP contribution in [0.3, 0.4) is 0 Å². The lowest BCUT2D eigenvalue weighted by atomic mass is 10.2. The Kier molecular flexibility index (Phi) is 5.81. The summed E-state index contributed by atoms with van der Waals surface area (Å²) in [6, 6.07) is 12.8. The molecule has 1 saturated carbocycles. The van der Waals surface area contributed by atoms with Gasteiger partial charge < -0.3 is 19.9 Å². The normalized spacial score (nSPS) is 13.7. The number of anilines is 3. The summed E-state index contributed by atoms with van der Waals surface area (Å²) in [6.45, 7) is 0. The van der Waals surface area contributed by atoms with E-state index < -0.39 is 5.97 Å². The van der Waals surface area contributed by atoms with E-state index in [0.717, 1.165) is 31.4 Å². The van der Waals surface area contributed by atoms with Gasteiger partial charge in [0.2, 0.25) is 23.5 Å². The summed E-state index contributed by atoms with van der Waals surface area (Å²) in [5.41, 5.74) is 7.56. The van der Waals surface area contributed by atoms with Crippen LogP contribution >= 0.6 is 0 Å². The molecule has 0 radical (unpaired) electrons. The molecule has 0 atom stereocenters. The minimum Gasteiger partial charge on any atom is -0.458 e. The van der Waals surface area contributed by atoms with Gasteiger partial charge in [0.25, 0.3) is 5.89 Å². The molecular formula is C23H22N8O3. The van der Waals surface area contributed by atoms with Crippen molar-refractivity contribution in [1.82, 2.24) is 30.1 Å². The number of nitrogens with two attached hydrogens (primary N) is 1. The molecule has 0 unspecified atom stereocenters. The summed E-state index contributed by atoms with van der Waals surface area (Å²) in [6.07, 6.45) is 5.43. The maximum atomic E-state index is 12.3. The van der Waals surface area contributed by atoms with Crippen LogP contribution in [0.4, 0.5) is 17.6 Å². The van der Waals surface area contributed by atoms with Crippen molar-refractivity contribution in [3.05, 3.63) is 54.4 Å². The number of rotatable bonds is 6. The summed E-state index contributed by atoms with van der Waals surface area (Å²) < 4.78 is 10.9. The Labute approximate surface area is 195 Å². The van der Waals surface area contributed by atoms with Crippen LogP contribution in [0.5, 0.6) is 0 Å². The lowest BCUT2D eigenvalue weighted by Gasteiger charge is -2.17. The molecule has 0 bridgehead atoms. The quantitative estimate of drug-likeness (QED) is 0.424. The number of pyridine rings is 1. The number of esters is 1. The zero-order valence-electron chi connectivity index (χ0n) is 18.5. The van der Waals surface area contributed by atoms with E-state index >= 15 is 0 Å². The molecule has 5 rings (SSSR count). The highest BCUT2D eigenvalue weighted by molar-refractivity contribution is 5.87. The van der Waals surface area contributed by atoms with Gasteiger partial charge in [-0.15, -0.1) is 0 Å². The Hall–Kier alpha value is -4.41. The number of nitrogen functional groups attached to an aromatic ring is 1. The van der Waals surface area contributed by atoms with Crippen molar-refractivity contribution in [1.29, 1.82) is 0 Å². The molecule has 1 aliphatic carbocycles. The monoisotopic (exact) mass is 458 g/mol. The molecule has 11 heteroatoms. The number of carbonyl (C=O) groups is 1. The lowest BCUT2D eigenvalue weighted by molar-refractivity contribution is 0.0311. The third kappa shape index (κ3) is 4.53. The van der Waals surface area contributed by atoms with Crippen LogP contribution in [0.1, 0.15) is 36.2 Å². The average molecular weight is 458 g/mol. The second-order valence-corrected chi connectivity index (χ2v) is 7.88. The van der Waals surface area contributed by atoms with Gasteiger partial charge in [-0.3, -0.25) is 0 Å². The van der Waals surface area contributed by atoms with Gasteiger partial charge in [-0.05, 0) is 49.9 Å². The summed E-state index contributed by atoms with van der Waals surface area (Å²) in [5, 5.41) is 3.97. The van der Waals surface area contributed by atoms with Crippen LogP contribution < -0.4 is 10.6 Å². The third-order valence-electron chi connectivity index (χ3n) is 5.51.